The maximum atomic E-state index is 12.3. The molecule has 0 aliphatic rings. The Labute approximate surface area is 150 Å². The van der Waals surface area contributed by atoms with Crippen molar-refractivity contribution >= 4 is 34.0 Å². The first-order valence-electron chi connectivity index (χ1n) is 7.24. The number of anilines is 1. The van der Waals surface area contributed by atoms with E-state index < -0.39 is 22.4 Å². The van der Waals surface area contributed by atoms with E-state index in [4.69, 9.17) is 5.73 Å². The van der Waals surface area contributed by atoms with E-state index in [2.05, 4.69) is 15.5 Å². The molecule has 0 unspecified atom stereocenters. The Bertz CT molecular complexity index is 1000. The summed E-state index contributed by atoms with van der Waals surface area (Å²) in [5.41, 5.74) is 5.15. The lowest BCUT2D eigenvalue weighted by molar-refractivity contribution is -0.385. The van der Waals surface area contributed by atoms with Gasteiger partial charge in [-0.2, -0.15) is 0 Å². The van der Waals surface area contributed by atoms with Crippen LogP contribution in [0.1, 0.15) is 20.7 Å². The summed E-state index contributed by atoms with van der Waals surface area (Å²) in [6.07, 6.45) is 0. The molecule has 9 nitrogen and oxygen atoms in total. The monoisotopic (exact) mass is 369 g/mol. The van der Waals surface area contributed by atoms with Crippen molar-refractivity contribution in [1.29, 1.82) is 0 Å². The van der Waals surface area contributed by atoms with Crippen molar-refractivity contribution in [3.63, 3.8) is 0 Å². The highest BCUT2D eigenvalue weighted by Gasteiger charge is 2.21. The lowest BCUT2D eigenvalue weighted by Crippen LogP contribution is -2.16. The number of primary amides is 1. The number of hydrogen-bond acceptors (Lipinski definition) is 7. The van der Waals surface area contributed by atoms with Gasteiger partial charge < -0.3 is 5.73 Å². The highest BCUT2D eigenvalue weighted by molar-refractivity contribution is 7.18. The third-order valence-corrected chi connectivity index (χ3v) is 4.28. The van der Waals surface area contributed by atoms with Crippen molar-refractivity contribution < 1.29 is 14.5 Å². The molecule has 1 heterocycles. The molecule has 130 valence electrons. The Hall–Kier alpha value is -3.66. The van der Waals surface area contributed by atoms with Gasteiger partial charge in [0.25, 0.3) is 17.5 Å². The summed E-state index contributed by atoms with van der Waals surface area (Å²) >= 11 is 1.17. The third kappa shape index (κ3) is 3.54. The predicted octanol–water partition coefficient (Wildman–Crippen LogP) is 2.46. The quantitative estimate of drug-likeness (QED) is 0.523. The second-order valence-corrected chi connectivity index (χ2v) is 6.06. The molecule has 3 N–H and O–H groups in total. The number of nitro groups is 1. The van der Waals surface area contributed by atoms with Crippen LogP contribution in [0.15, 0.2) is 48.5 Å². The molecule has 0 aliphatic carbocycles. The number of aromatic nitrogens is 2. The Balaban J connectivity index is 1.83. The Morgan fingerprint density at radius 2 is 1.85 bits per heavy atom. The van der Waals surface area contributed by atoms with Gasteiger partial charge in [-0.15, -0.1) is 10.2 Å². The van der Waals surface area contributed by atoms with Gasteiger partial charge in [0.05, 0.1) is 4.92 Å². The van der Waals surface area contributed by atoms with Gasteiger partial charge in [-0.25, -0.2) is 0 Å². The third-order valence-electron chi connectivity index (χ3n) is 3.39. The maximum Gasteiger partial charge on any atom is 0.282 e. The number of carbonyl (C=O) groups is 2. The molecule has 0 bridgehead atoms. The number of hydrogen-bond donors (Lipinski definition) is 2. The van der Waals surface area contributed by atoms with Crippen molar-refractivity contribution in [3.05, 3.63) is 69.8 Å². The van der Waals surface area contributed by atoms with Crippen LogP contribution in [0.4, 0.5) is 10.8 Å². The van der Waals surface area contributed by atoms with Crippen LogP contribution in [0.25, 0.3) is 10.6 Å². The van der Waals surface area contributed by atoms with Crippen molar-refractivity contribution in [1.82, 2.24) is 10.2 Å². The molecule has 0 spiro atoms. The molecular weight excluding hydrogens is 358 g/mol. The van der Waals surface area contributed by atoms with E-state index in [-0.39, 0.29) is 16.3 Å². The molecule has 0 radical (unpaired) electrons. The zero-order chi connectivity index (χ0) is 18.7. The zero-order valence-corrected chi connectivity index (χ0v) is 13.9. The van der Waals surface area contributed by atoms with Crippen LogP contribution in [-0.2, 0) is 0 Å². The first-order valence-corrected chi connectivity index (χ1v) is 8.06. The maximum absolute atomic E-state index is 12.3. The normalized spacial score (nSPS) is 10.3. The average Bonchev–Trinajstić information content (AvgIpc) is 3.10. The standard InChI is InChI=1S/C16H11N5O4S/c17-13(22)11-7-6-10(8-12(11)21(24)25)14(23)18-16-20-19-15(26-16)9-4-2-1-3-5-9/h1-8H,(H2,17,22)(H,18,20,23). The first kappa shape index (κ1) is 17.2. The lowest BCUT2D eigenvalue weighted by Gasteiger charge is -2.03. The minimum absolute atomic E-state index is 0.00170. The van der Waals surface area contributed by atoms with Crippen molar-refractivity contribution in [2.45, 2.75) is 0 Å². The highest BCUT2D eigenvalue weighted by Crippen LogP contribution is 2.27. The molecule has 26 heavy (non-hydrogen) atoms. The van der Waals surface area contributed by atoms with Crippen LogP contribution < -0.4 is 11.1 Å². The van der Waals surface area contributed by atoms with Gasteiger partial charge in [-0.05, 0) is 12.1 Å². The molecule has 0 saturated heterocycles. The summed E-state index contributed by atoms with van der Waals surface area (Å²) < 4.78 is 0. The Morgan fingerprint density at radius 3 is 2.50 bits per heavy atom. The topological polar surface area (TPSA) is 141 Å². The van der Waals surface area contributed by atoms with E-state index in [1.54, 1.807) is 0 Å². The molecule has 3 rings (SSSR count). The van der Waals surface area contributed by atoms with Crippen LogP contribution in [0.3, 0.4) is 0 Å². The molecule has 0 fully saturated rings. The fourth-order valence-corrected chi connectivity index (χ4v) is 2.92. The molecule has 2 amide bonds. The number of nitro benzene ring substituents is 1. The summed E-state index contributed by atoms with van der Waals surface area (Å²) in [6.45, 7) is 0. The average molecular weight is 369 g/mol. The number of nitrogens with one attached hydrogen (secondary N) is 1. The molecule has 0 aliphatic heterocycles. The smallest absolute Gasteiger partial charge is 0.282 e. The molecule has 1 aromatic heterocycles. The number of rotatable bonds is 5. The summed E-state index contributed by atoms with van der Waals surface area (Å²) in [7, 11) is 0. The van der Waals surface area contributed by atoms with Gasteiger partial charge in [-0.1, -0.05) is 41.7 Å². The lowest BCUT2D eigenvalue weighted by atomic mass is 10.1. The first-order chi connectivity index (χ1) is 12.5. The second-order valence-electron chi connectivity index (χ2n) is 5.09. The van der Waals surface area contributed by atoms with Crippen LogP contribution >= 0.6 is 11.3 Å². The minimum Gasteiger partial charge on any atom is -0.365 e. The van der Waals surface area contributed by atoms with Gasteiger partial charge in [0, 0.05) is 17.2 Å². The van der Waals surface area contributed by atoms with E-state index in [1.165, 1.54) is 17.4 Å². The van der Waals surface area contributed by atoms with E-state index in [9.17, 15) is 19.7 Å². The van der Waals surface area contributed by atoms with Gasteiger partial charge in [0.1, 0.15) is 10.6 Å². The van der Waals surface area contributed by atoms with E-state index in [0.29, 0.717) is 5.01 Å². The van der Waals surface area contributed by atoms with Gasteiger partial charge in [-0.3, -0.25) is 25.0 Å². The largest absolute Gasteiger partial charge is 0.365 e. The van der Waals surface area contributed by atoms with E-state index in [0.717, 1.165) is 17.7 Å². The zero-order valence-electron chi connectivity index (χ0n) is 13.1. The number of nitrogens with zero attached hydrogens (tertiary/aromatic N) is 3. The number of benzene rings is 2. The fraction of sp³-hybridized carbons (Fsp3) is 0. The van der Waals surface area contributed by atoms with Crippen LogP contribution in [0.2, 0.25) is 0 Å². The number of amides is 2. The van der Waals surface area contributed by atoms with Gasteiger partial charge in [0.2, 0.25) is 5.13 Å². The fourth-order valence-electron chi connectivity index (χ4n) is 2.17. The molecule has 10 heteroatoms. The van der Waals surface area contributed by atoms with E-state index >= 15 is 0 Å². The molecular formula is C16H11N5O4S. The van der Waals surface area contributed by atoms with Crippen LogP contribution in [0, 0.1) is 10.1 Å². The van der Waals surface area contributed by atoms with Crippen molar-refractivity contribution in [3.8, 4) is 10.6 Å². The van der Waals surface area contributed by atoms with Crippen molar-refractivity contribution in [2.24, 2.45) is 5.73 Å². The predicted molar refractivity (Wildman–Crippen MR) is 94.9 cm³/mol. The molecule has 2 aromatic carbocycles. The molecule has 3 aromatic rings. The molecule has 0 saturated carbocycles. The Kier molecular flexibility index (Phi) is 4.67. The highest BCUT2D eigenvalue weighted by atomic mass is 32.1. The second kappa shape index (κ2) is 7.07. The van der Waals surface area contributed by atoms with Crippen LogP contribution in [0.5, 0.6) is 0 Å². The van der Waals surface area contributed by atoms with Crippen molar-refractivity contribution in [2.75, 3.05) is 5.32 Å². The van der Waals surface area contributed by atoms with Crippen LogP contribution in [-0.4, -0.2) is 26.9 Å². The minimum atomic E-state index is -0.944. The van der Waals surface area contributed by atoms with Gasteiger partial charge in [0.15, 0.2) is 0 Å². The summed E-state index contributed by atoms with van der Waals surface area (Å²) in [6, 6.07) is 12.7. The molecule has 0 atom stereocenters. The Morgan fingerprint density at radius 1 is 1.12 bits per heavy atom. The SMILES string of the molecule is NC(=O)c1ccc(C(=O)Nc2nnc(-c3ccccc3)s2)cc1[N+](=O)[O-]. The number of nitrogens with two attached hydrogens (primary N) is 1. The summed E-state index contributed by atoms with van der Waals surface area (Å²) in [4.78, 5) is 33.8. The summed E-state index contributed by atoms with van der Waals surface area (Å²) in [5.74, 6) is -1.56. The summed E-state index contributed by atoms with van der Waals surface area (Å²) in [5, 5.41) is 22.4. The van der Waals surface area contributed by atoms with Gasteiger partial charge >= 0.3 is 0 Å². The van der Waals surface area contributed by atoms with E-state index in [1.807, 2.05) is 30.3 Å². The number of carbonyl (C=O) groups excluding carboxylic acids is 2.